The number of carbonyl (C=O) groups is 2. The summed E-state index contributed by atoms with van der Waals surface area (Å²) in [6.07, 6.45) is 0.513. The van der Waals surface area contributed by atoms with Crippen LogP contribution in [0.3, 0.4) is 0 Å². The third kappa shape index (κ3) is 4.01. The summed E-state index contributed by atoms with van der Waals surface area (Å²) in [7, 11) is 2.69. The van der Waals surface area contributed by atoms with Crippen molar-refractivity contribution in [3.05, 3.63) is 35.4 Å². The summed E-state index contributed by atoms with van der Waals surface area (Å²) in [5.41, 5.74) is -0.580. The molecule has 19 heavy (non-hydrogen) atoms. The van der Waals surface area contributed by atoms with E-state index in [4.69, 9.17) is 0 Å². The van der Waals surface area contributed by atoms with Crippen molar-refractivity contribution in [3.8, 4) is 0 Å². The molecular formula is C13H15F2NO3. The fourth-order valence-corrected chi connectivity index (χ4v) is 1.56. The van der Waals surface area contributed by atoms with Crippen LogP contribution in [0.15, 0.2) is 18.2 Å². The van der Waals surface area contributed by atoms with Gasteiger partial charge in [-0.3, -0.25) is 9.59 Å². The number of hydrogen-bond donors (Lipinski definition) is 0. The number of amides is 1. The Bertz CT molecular complexity index is 457. The topological polar surface area (TPSA) is 46.6 Å². The molecule has 0 spiro atoms. The van der Waals surface area contributed by atoms with Crippen LogP contribution in [0.4, 0.5) is 8.78 Å². The van der Waals surface area contributed by atoms with E-state index < -0.39 is 29.1 Å². The minimum Gasteiger partial charge on any atom is -0.469 e. The van der Waals surface area contributed by atoms with Crippen molar-refractivity contribution in [3.63, 3.8) is 0 Å². The van der Waals surface area contributed by atoms with Crippen LogP contribution in [0, 0.1) is 11.6 Å². The van der Waals surface area contributed by atoms with Crippen LogP contribution in [-0.4, -0.2) is 37.5 Å². The average Bonchev–Trinajstić information content (AvgIpc) is 2.37. The number of hydrogen-bond acceptors (Lipinski definition) is 3. The summed E-state index contributed by atoms with van der Waals surface area (Å²) in [6.45, 7) is 0.210. The van der Waals surface area contributed by atoms with Crippen LogP contribution >= 0.6 is 0 Å². The SMILES string of the molecule is COC(=O)CCCN(C)C(=O)c1c(F)cccc1F. The third-order valence-corrected chi connectivity index (χ3v) is 2.63. The molecule has 0 unspecified atom stereocenters. The lowest BCUT2D eigenvalue weighted by Gasteiger charge is -2.17. The molecule has 0 aliphatic heterocycles. The largest absolute Gasteiger partial charge is 0.469 e. The lowest BCUT2D eigenvalue weighted by Crippen LogP contribution is -2.29. The fraction of sp³-hybridized carbons (Fsp3) is 0.385. The van der Waals surface area contributed by atoms with E-state index >= 15 is 0 Å². The molecule has 0 N–H and O–H groups in total. The molecule has 0 saturated carbocycles. The number of benzene rings is 1. The molecule has 104 valence electrons. The van der Waals surface area contributed by atoms with E-state index in [9.17, 15) is 18.4 Å². The van der Waals surface area contributed by atoms with Crippen LogP contribution in [-0.2, 0) is 9.53 Å². The lowest BCUT2D eigenvalue weighted by atomic mass is 10.1. The molecule has 0 heterocycles. The Morgan fingerprint density at radius 3 is 2.37 bits per heavy atom. The number of halogens is 2. The number of nitrogens with zero attached hydrogens (tertiary/aromatic N) is 1. The minimum absolute atomic E-state index is 0.147. The Morgan fingerprint density at radius 1 is 1.26 bits per heavy atom. The maximum atomic E-state index is 13.4. The molecule has 0 aromatic heterocycles. The zero-order chi connectivity index (χ0) is 14.4. The predicted octanol–water partition coefficient (Wildman–Crippen LogP) is 1.99. The van der Waals surface area contributed by atoms with Gasteiger partial charge in [-0.05, 0) is 18.6 Å². The van der Waals surface area contributed by atoms with E-state index in [1.54, 1.807) is 0 Å². The average molecular weight is 271 g/mol. The summed E-state index contributed by atoms with van der Waals surface area (Å²) in [6, 6.07) is 3.25. The highest BCUT2D eigenvalue weighted by Gasteiger charge is 2.20. The van der Waals surface area contributed by atoms with Gasteiger partial charge in [0, 0.05) is 20.0 Å². The molecule has 0 bridgehead atoms. The molecule has 4 nitrogen and oxygen atoms in total. The summed E-state index contributed by atoms with van der Waals surface area (Å²) < 4.78 is 31.3. The Hall–Kier alpha value is -1.98. The fourth-order valence-electron chi connectivity index (χ4n) is 1.56. The third-order valence-electron chi connectivity index (χ3n) is 2.63. The van der Waals surface area contributed by atoms with Crippen LogP contribution < -0.4 is 0 Å². The van der Waals surface area contributed by atoms with Crippen LogP contribution in [0.2, 0.25) is 0 Å². The van der Waals surface area contributed by atoms with E-state index in [-0.39, 0.29) is 13.0 Å². The summed E-state index contributed by atoms with van der Waals surface area (Å²) >= 11 is 0. The van der Waals surface area contributed by atoms with Gasteiger partial charge in [0.15, 0.2) is 0 Å². The number of ether oxygens (including phenoxy) is 1. The van der Waals surface area contributed by atoms with Gasteiger partial charge in [-0.2, -0.15) is 0 Å². The first-order valence-corrected chi connectivity index (χ1v) is 5.73. The van der Waals surface area contributed by atoms with Crippen molar-refractivity contribution in [1.82, 2.24) is 4.90 Å². The Labute approximate surface area is 110 Å². The Kier molecular flexibility index (Phi) is 5.41. The second-order valence-electron chi connectivity index (χ2n) is 4.00. The van der Waals surface area contributed by atoms with Crippen molar-refractivity contribution in [2.24, 2.45) is 0 Å². The highest BCUT2D eigenvalue weighted by atomic mass is 19.1. The maximum Gasteiger partial charge on any atom is 0.305 e. The molecule has 0 fully saturated rings. The zero-order valence-corrected chi connectivity index (χ0v) is 10.8. The second-order valence-corrected chi connectivity index (χ2v) is 4.00. The summed E-state index contributed by atoms with van der Waals surface area (Å²) in [4.78, 5) is 23.9. The van der Waals surface area contributed by atoms with E-state index in [0.717, 1.165) is 12.1 Å². The summed E-state index contributed by atoms with van der Waals surface area (Å²) in [5.74, 6) is -2.94. The highest BCUT2D eigenvalue weighted by Crippen LogP contribution is 2.14. The molecule has 1 rings (SSSR count). The first kappa shape index (κ1) is 15.1. The molecule has 6 heteroatoms. The van der Waals surface area contributed by atoms with Gasteiger partial charge in [-0.25, -0.2) is 8.78 Å². The van der Waals surface area contributed by atoms with Crippen molar-refractivity contribution in [2.45, 2.75) is 12.8 Å². The van der Waals surface area contributed by atoms with Gasteiger partial charge in [0.05, 0.1) is 7.11 Å². The van der Waals surface area contributed by atoms with Gasteiger partial charge in [-0.15, -0.1) is 0 Å². The van der Waals surface area contributed by atoms with Gasteiger partial charge >= 0.3 is 5.97 Å². The van der Waals surface area contributed by atoms with E-state index in [1.807, 2.05) is 0 Å². The smallest absolute Gasteiger partial charge is 0.305 e. The normalized spacial score (nSPS) is 10.1. The molecule has 1 aromatic carbocycles. The Balaban J connectivity index is 2.64. The maximum absolute atomic E-state index is 13.4. The first-order chi connectivity index (χ1) is 8.97. The first-order valence-electron chi connectivity index (χ1n) is 5.73. The van der Waals surface area contributed by atoms with Crippen molar-refractivity contribution in [2.75, 3.05) is 20.7 Å². The van der Waals surface area contributed by atoms with Gasteiger partial charge < -0.3 is 9.64 Å². The molecule has 0 atom stereocenters. The van der Waals surface area contributed by atoms with Gasteiger partial charge in [0.25, 0.3) is 5.91 Å². The number of carbonyl (C=O) groups excluding carboxylic acids is 2. The monoisotopic (exact) mass is 271 g/mol. The number of esters is 1. The molecule has 0 radical (unpaired) electrons. The lowest BCUT2D eigenvalue weighted by molar-refractivity contribution is -0.140. The predicted molar refractivity (Wildman–Crippen MR) is 64.6 cm³/mol. The zero-order valence-electron chi connectivity index (χ0n) is 10.8. The number of methoxy groups -OCH3 is 1. The van der Waals surface area contributed by atoms with Crippen molar-refractivity contribution < 1.29 is 23.1 Å². The molecular weight excluding hydrogens is 256 g/mol. The number of rotatable bonds is 5. The molecule has 0 aliphatic rings. The van der Waals surface area contributed by atoms with E-state index in [2.05, 4.69) is 4.74 Å². The molecule has 0 saturated heterocycles. The molecule has 0 aliphatic carbocycles. The van der Waals surface area contributed by atoms with Crippen LogP contribution in [0.1, 0.15) is 23.2 Å². The van der Waals surface area contributed by atoms with E-state index in [1.165, 1.54) is 25.1 Å². The quantitative estimate of drug-likeness (QED) is 0.769. The van der Waals surface area contributed by atoms with Crippen LogP contribution in [0.25, 0.3) is 0 Å². The van der Waals surface area contributed by atoms with Crippen LogP contribution in [0.5, 0.6) is 0 Å². The molecule has 1 aromatic rings. The summed E-state index contributed by atoms with van der Waals surface area (Å²) in [5, 5.41) is 0. The van der Waals surface area contributed by atoms with E-state index in [0.29, 0.717) is 6.42 Å². The van der Waals surface area contributed by atoms with Crippen molar-refractivity contribution >= 4 is 11.9 Å². The van der Waals surface area contributed by atoms with Crippen molar-refractivity contribution in [1.29, 1.82) is 0 Å². The highest BCUT2D eigenvalue weighted by molar-refractivity contribution is 5.94. The van der Waals surface area contributed by atoms with Gasteiger partial charge in [0.1, 0.15) is 17.2 Å². The molecule has 1 amide bonds. The Morgan fingerprint density at radius 2 is 1.84 bits per heavy atom. The minimum atomic E-state index is -0.898. The second kappa shape index (κ2) is 6.82. The van der Waals surface area contributed by atoms with Gasteiger partial charge in [-0.1, -0.05) is 6.07 Å². The van der Waals surface area contributed by atoms with Gasteiger partial charge in [0.2, 0.25) is 0 Å². The standard InChI is InChI=1S/C13H15F2NO3/c1-16(8-4-7-11(17)19-2)13(18)12-9(14)5-3-6-10(12)15/h3,5-6H,4,7-8H2,1-2H3.